The zero-order chi connectivity index (χ0) is 13.4. The van der Waals surface area contributed by atoms with Gasteiger partial charge >= 0.3 is 0 Å². The van der Waals surface area contributed by atoms with Crippen LogP contribution in [0.25, 0.3) is 10.2 Å². The second kappa shape index (κ2) is 5.00. The zero-order valence-corrected chi connectivity index (χ0v) is 12.2. The molecule has 0 radical (unpaired) electrons. The van der Waals surface area contributed by atoms with Gasteiger partial charge in [0, 0.05) is 11.4 Å². The van der Waals surface area contributed by atoms with Gasteiger partial charge in [-0.1, -0.05) is 29.3 Å². The average Bonchev–Trinajstić information content (AvgIpc) is 2.75. The van der Waals surface area contributed by atoms with E-state index in [1.165, 1.54) is 0 Å². The van der Waals surface area contributed by atoms with Gasteiger partial charge in [-0.05, 0) is 35.9 Å². The molecule has 5 heteroatoms. The molecule has 3 rings (SSSR count). The van der Waals surface area contributed by atoms with Gasteiger partial charge in [0.25, 0.3) is 0 Å². The van der Waals surface area contributed by atoms with E-state index < -0.39 is 0 Å². The summed E-state index contributed by atoms with van der Waals surface area (Å²) in [5.41, 5.74) is 8.34. The number of rotatable bonds is 2. The van der Waals surface area contributed by atoms with Crippen molar-refractivity contribution in [1.82, 2.24) is 4.98 Å². The molecule has 0 atom stereocenters. The SMILES string of the molecule is Nc1ccc(Cc2nc3cc(Cl)ccc3s2)cc1Cl. The van der Waals surface area contributed by atoms with Crippen LogP contribution in [0.5, 0.6) is 0 Å². The predicted octanol–water partition coefficient (Wildman–Crippen LogP) is 4.78. The Labute approximate surface area is 124 Å². The number of nitrogens with two attached hydrogens (primary N) is 1. The van der Waals surface area contributed by atoms with Crippen molar-refractivity contribution in [2.45, 2.75) is 6.42 Å². The second-order valence-corrected chi connectivity index (χ2v) is 6.21. The van der Waals surface area contributed by atoms with Gasteiger partial charge in [-0.25, -0.2) is 4.98 Å². The molecule has 1 aromatic heterocycles. The summed E-state index contributed by atoms with van der Waals surface area (Å²) in [6.07, 6.45) is 0.747. The quantitative estimate of drug-likeness (QED) is 0.692. The largest absolute Gasteiger partial charge is 0.398 e. The summed E-state index contributed by atoms with van der Waals surface area (Å²) < 4.78 is 1.14. The molecule has 2 aromatic carbocycles. The molecule has 1 heterocycles. The third-order valence-electron chi connectivity index (χ3n) is 2.81. The van der Waals surface area contributed by atoms with Crippen molar-refractivity contribution in [2.75, 3.05) is 5.73 Å². The minimum absolute atomic E-state index is 0.585. The number of halogens is 2. The number of fused-ring (bicyclic) bond motifs is 1. The van der Waals surface area contributed by atoms with Gasteiger partial charge < -0.3 is 5.73 Å². The number of benzene rings is 2. The summed E-state index contributed by atoms with van der Waals surface area (Å²) in [5.74, 6) is 0. The van der Waals surface area contributed by atoms with Crippen molar-refractivity contribution < 1.29 is 0 Å². The van der Waals surface area contributed by atoms with E-state index in [-0.39, 0.29) is 0 Å². The lowest BCUT2D eigenvalue weighted by atomic mass is 10.1. The maximum atomic E-state index is 6.02. The summed E-state index contributed by atoms with van der Waals surface area (Å²) in [5, 5.41) is 2.33. The van der Waals surface area contributed by atoms with E-state index >= 15 is 0 Å². The molecule has 0 amide bonds. The van der Waals surface area contributed by atoms with Gasteiger partial charge in [-0.15, -0.1) is 11.3 Å². The molecule has 0 saturated carbocycles. The first kappa shape index (κ1) is 12.7. The van der Waals surface area contributed by atoms with Crippen LogP contribution in [0.3, 0.4) is 0 Å². The molecule has 19 heavy (non-hydrogen) atoms. The Kier molecular flexibility index (Phi) is 3.35. The lowest BCUT2D eigenvalue weighted by Crippen LogP contribution is -1.90. The number of nitrogen functional groups attached to an aromatic ring is 1. The normalized spacial score (nSPS) is 11.1. The molecule has 0 fully saturated rings. The van der Waals surface area contributed by atoms with E-state index in [9.17, 15) is 0 Å². The molecule has 0 spiro atoms. The van der Waals surface area contributed by atoms with Crippen molar-refractivity contribution in [1.29, 1.82) is 0 Å². The molecule has 0 saturated heterocycles. The van der Waals surface area contributed by atoms with Crippen LogP contribution in [0.15, 0.2) is 36.4 Å². The monoisotopic (exact) mass is 308 g/mol. The molecule has 0 aliphatic carbocycles. The van der Waals surface area contributed by atoms with Gasteiger partial charge in [0.2, 0.25) is 0 Å². The maximum absolute atomic E-state index is 6.02. The van der Waals surface area contributed by atoms with Crippen LogP contribution in [0.4, 0.5) is 5.69 Å². The molecular formula is C14H10Cl2N2S. The summed E-state index contributed by atoms with van der Waals surface area (Å²) in [4.78, 5) is 4.58. The van der Waals surface area contributed by atoms with Crippen LogP contribution in [0.2, 0.25) is 10.0 Å². The molecular weight excluding hydrogens is 299 g/mol. The third-order valence-corrected chi connectivity index (χ3v) is 4.41. The van der Waals surface area contributed by atoms with E-state index in [0.717, 1.165) is 27.2 Å². The fraction of sp³-hybridized carbons (Fsp3) is 0.0714. The number of anilines is 1. The number of thiazole rings is 1. The zero-order valence-electron chi connectivity index (χ0n) is 9.86. The topological polar surface area (TPSA) is 38.9 Å². The molecule has 0 aliphatic heterocycles. The molecule has 0 aliphatic rings. The first-order chi connectivity index (χ1) is 9.11. The van der Waals surface area contributed by atoms with E-state index in [0.29, 0.717) is 15.7 Å². The number of hydrogen-bond donors (Lipinski definition) is 1. The Morgan fingerprint density at radius 2 is 1.95 bits per heavy atom. The third kappa shape index (κ3) is 2.68. The van der Waals surface area contributed by atoms with Crippen molar-refractivity contribution in [2.24, 2.45) is 0 Å². The van der Waals surface area contributed by atoms with Crippen molar-refractivity contribution in [3.63, 3.8) is 0 Å². The molecule has 0 bridgehead atoms. The van der Waals surface area contributed by atoms with Crippen LogP contribution in [0.1, 0.15) is 10.6 Å². The van der Waals surface area contributed by atoms with Gasteiger partial charge in [0.1, 0.15) is 0 Å². The van der Waals surface area contributed by atoms with Crippen LogP contribution < -0.4 is 5.73 Å². The lowest BCUT2D eigenvalue weighted by Gasteiger charge is -2.01. The summed E-state index contributed by atoms with van der Waals surface area (Å²) in [7, 11) is 0. The van der Waals surface area contributed by atoms with Crippen molar-refractivity contribution >= 4 is 50.4 Å². The highest BCUT2D eigenvalue weighted by Gasteiger charge is 2.06. The van der Waals surface area contributed by atoms with Crippen LogP contribution in [0, 0.1) is 0 Å². The minimum atomic E-state index is 0.585. The minimum Gasteiger partial charge on any atom is -0.398 e. The van der Waals surface area contributed by atoms with E-state index in [1.807, 2.05) is 36.4 Å². The van der Waals surface area contributed by atoms with Crippen LogP contribution >= 0.6 is 34.5 Å². The number of hydrogen-bond acceptors (Lipinski definition) is 3. The number of nitrogens with zero attached hydrogens (tertiary/aromatic N) is 1. The summed E-state index contributed by atoms with van der Waals surface area (Å²) >= 11 is 13.6. The first-order valence-corrected chi connectivity index (χ1v) is 7.28. The Balaban J connectivity index is 1.94. The fourth-order valence-electron chi connectivity index (χ4n) is 1.88. The Morgan fingerprint density at radius 1 is 1.11 bits per heavy atom. The van der Waals surface area contributed by atoms with E-state index in [1.54, 1.807) is 11.3 Å². The highest BCUT2D eigenvalue weighted by molar-refractivity contribution is 7.18. The van der Waals surface area contributed by atoms with Crippen LogP contribution in [-0.4, -0.2) is 4.98 Å². The van der Waals surface area contributed by atoms with Gasteiger partial charge in [0.05, 0.1) is 25.9 Å². The fourth-order valence-corrected chi connectivity index (χ4v) is 3.23. The Morgan fingerprint density at radius 3 is 2.74 bits per heavy atom. The standard InChI is InChI=1S/C14H10Cl2N2S/c15-9-2-4-13-12(7-9)18-14(19-13)6-8-1-3-11(17)10(16)5-8/h1-5,7H,6,17H2. The highest BCUT2D eigenvalue weighted by atomic mass is 35.5. The molecule has 3 aromatic rings. The van der Waals surface area contributed by atoms with Gasteiger partial charge in [-0.2, -0.15) is 0 Å². The van der Waals surface area contributed by atoms with Crippen molar-refractivity contribution in [3.05, 3.63) is 57.0 Å². The van der Waals surface area contributed by atoms with E-state index in [2.05, 4.69) is 4.98 Å². The van der Waals surface area contributed by atoms with E-state index in [4.69, 9.17) is 28.9 Å². The second-order valence-electron chi connectivity index (χ2n) is 4.25. The average molecular weight is 309 g/mol. The summed E-state index contributed by atoms with van der Waals surface area (Å²) in [6.45, 7) is 0. The first-order valence-electron chi connectivity index (χ1n) is 5.71. The predicted molar refractivity (Wildman–Crippen MR) is 83.3 cm³/mol. The van der Waals surface area contributed by atoms with Gasteiger partial charge in [0.15, 0.2) is 0 Å². The molecule has 2 N–H and O–H groups in total. The highest BCUT2D eigenvalue weighted by Crippen LogP contribution is 2.27. The lowest BCUT2D eigenvalue weighted by molar-refractivity contribution is 1.16. The molecule has 2 nitrogen and oxygen atoms in total. The van der Waals surface area contributed by atoms with Crippen LogP contribution in [-0.2, 0) is 6.42 Å². The summed E-state index contributed by atoms with van der Waals surface area (Å²) in [6, 6.07) is 11.4. The van der Waals surface area contributed by atoms with Gasteiger partial charge in [-0.3, -0.25) is 0 Å². The molecule has 0 unspecified atom stereocenters. The van der Waals surface area contributed by atoms with Crippen molar-refractivity contribution in [3.8, 4) is 0 Å². The number of aromatic nitrogens is 1. The molecule has 96 valence electrons. The maximum Gasteiger partial charge on any atom is 0.0982 e. The Bertz CT molecular complexity index is 752. The Hall–Kier alpha value is -1.29. The smallest absolute Gasteiger partial charge is 0.0982 e.